The van der Waals surface area contributed by atoms with E-state index in [4.69, 9.17) is 23.2 Å². The Morgan fingerprint density at radius 1 is 1.08 bits per heavy atom. The SMILES string of the molecule is Cc1ccc(NC(=O)[C@@H]2C[C@@H](c3ccc(Cl)c(Cl)c3)[C@H](C)C2(C)C)cc1. The van der Waals surface area contributed by atoms with Crippen molar-refractivity contribution >= 4 is 34.8 Å². The molecule has 1 saturated carbocycles. The minimum atomic E-state index is -0.106. The Labute approximate surface area is 165 Å². The molecule has 26 heavy (non-hydrogen) atoms. The summed E-state index contributed by atoms with van der Waals surface area (Å²) in [5.74, 6) is 0.675. The second kappa shape index (κ2) is 7.25. The number of carbonyl (C=O) groups is 1. The highest BCUT2D eigenvalue weighted by Crippen LogP contribution is 2.55. The zero-order chi connectivity index (χ0) is 19.1. The number of rotatable bonds is 3. The largest absolute Gasteiger partial charge is 0.326 e. The fraction of sp³-hybridized carbons (Fsp3) is 0.409. The first-order chi connectivity index (χ1) is 12.2. The van der Waals surface area contributed by atoms with Crippen LogP contribution in [0, 0.1) is 24.2 Å². The van der Waals surface area contributed by atoms with Gasteiger partial charge in [-0.1, -0.05) is 67.7 Å². The van der Waals surface area contributed by atoms with Crippen molar-refractivity contribution in [2.75, 3.05) is 5.32 Å². The summed E-state index contributed by atoms with van der Waals surface area (Å²) in [7, 11) is 0. The molecule has 0 bridgehead atoms. The molecular weight excluding hydrogens is 365 g/mol. The fourth-order valence-corrected chi connectivity index (χ4v) is 4.38. The van der Waals surface area contributed by atoms with E-state index in [0.717, 1.165) is 17.7 Å². The van der Waals surface area contributed by atoms with Crippen LogP contribution in [0.15, 0.2) is 42.5 Å². The lowest BCUT2D eigenvalue weighted by molar-refractivity contribution is -0.122. The molecule has 1 aliphatic carbocycles. The van der Waals surface area contributed by atoms with Crippen LogP contribution in [0.25, 0.3) is 0 Å². The van der Waals surface area contributed by atoms with Gasteiger partial charge in [-0.05, 0) is 60.4 Å². The molecule has 2 aromatic rings. The lowest BCUT2D eigenvalue weighted by atomic mass is 9.74. The summed E-state index contributed by atoms with van der Waals surface area (Å²) in [4.78, 5) is 13.0. The van der Waals surface area contributed by atoms with E-state index in [1.54, 1.807) is 0 Å². The highest BCUT2D eigenvalue weighted by Gasteiger charge is 2.50. The van der Waals surface area contributed by atoms with E-state index in [1.807, 2.05) is 49.4 Å². The molecule has 3 rings (SSSR count). The van der Waals surface area contributed by atoms with Gasteiger partial charge in [0, 0.05) is 11.6 Å². The molecule has 0 radical (unpaired) electrons. The third kappa shape index (κ3) is 3.63. The van der Waals surface area contributed by atoms with Crippen LogP contribution in [-0.4, -0.2) is 5.91 Å². The van der Waals surface area contributed by atoms with Gasteiger partial charge in [0.25, 0.3) is 0 Å². The molecule has 1 fully saturated rings. The van der Waals surface area contributed by atoms with Gasteiger partial charge in [-0.25, -0.2) is 0 Å². The molecule has 3 atom stereocenters. The third-order valence-electron chi connectivity index (χ3n) is 6.17. The molecule has 4 heteroatoms. The third-order valence-corrected chi connectivity index (χ3v) is 6.91. The van der Waals surface area contributed by atoms with Crippen LogP contribution < -0.4 is 5.32 Å². The van der Waals surface area contributed by atoms with Crippen molar-refractivity contribution in [3.05, 3.63) is 63.6 Å². The fourth-order valence-electron chi connectivity index (χ4n) is 4.08. The van der Waals surface area contributed by atoms with E-state index >= 15 is 0 Å². The molecule has 0 unspecified atom stereocenters. The number of nitrogens with one attached hydrogen (secondary N) is 1. The summed E-state index contributed by atoms with van der Waals surface area (Å²) < 4.78 is 0. The maximum absolute atomic E-state index is 13.0. The first-order valence-electron chi connectivity index (χ1n) is 9.02. The molecule has 0 aliphatic heterocycles. The van der Waals surface area contributed by atoms with Gasteiger partial charge in [-0.2, -0.15) is 0 Å². The quantitative estimate of drug-likeness (QED) is 0.620. The monoisotopic (exact) mass is 389 g/mol. The van der Waals surface area contributed by atoms with Gasteiger partial charge in [-0.3, -0.25) is 4.79 Å². The van der Waals surface area contributed by atoms with Gasteiger partial charge in [0.15, 0.2) is 0 Å². The summed E-state index contributed by atoms with van der Waals surface area (Å²) in [5.41, 5.74) is 3.08. The maximum Gasteiger partial charge on any atom is 0.228 e. The molecular formula is C22H25Cl2NO. The van der Waals surface area contributed by atoms with E-state index < -0.39 is 0 Å². The molecule has 0 spiro atoms. The van der Waals surface area contributed by atoms with Crippen LogP contribution in [0.1, 0.15) is 44.2 Å². The van der Waals surface area contributed by atoms with Gasteiger partial charge in [0.1, 0.15) is 0 Å². The van der Waals surface area contributed by atoms with Crippen molar-refractivity contribution in [2.45, 2.75) is 40.0 Å². The number of carbonyl (C=O) groups excluding carboxylic acids is 1. The van der Waals surface area contributed by atoms with Gasteiger partial charge in [0.05, 0.1) is 10.0 Å². The highest BCUT2D eigenvalue weighted by molar-refractivity contribution is 6.42. The summed E-state index contributed by atoms with van der Waals surface area (Å²) in [6.45, 7) is 8.64. The molecule has 1 amide bonds. The summed E-state index contributed by atoms with van der Waals surface area (Å²) in [6.07, 6.45) is 0.809. The molecule has 2 nitrogen and oxygen atoms in total. The molecule has 2 aromatic carbocycles. The van der Waals surface area contributed by atoms with E-state index in [2.05, 4.69) is 26.1 Å². The van der Waals surface area contributed by atoms with E-state index in [9.17, 15) is 4.79 Å². The van der Waals surface area contributed by atoms with Crippen LogP contribution in [-0.2, 0) is 4.79 Å². The number of hydrogen-bond donors (Lipinski definition) is 1. The van der Waals surface area contributed by atoms with Crippen LogP contribution in [0.5, 0.6) is 0 Å². The molecule has 0 heterocycles. The Balaban J connectivity index is 1.82. The zero-order valence-corrected chi connectivity index (χ0v) is 17.2. The van der Waals surface area contributed by atoms with E-state index in [-0.39, 0.29) is 23.2 Å². The van der Waals surface area contributed by atoms with Crippen molar-refractivity contribution in [3.8, 4) is 0 Å². The number of benzene rings is 2. The molecule has 0 saturated heterocycles. The normalized spacial score (nSPS) is 24.5. The van der Waals surface area contributed by atoms with Gasteiger partial charge in [-0.15, -0.1) is 0 Å². The number of amides is 1. The van der Waals surface area contributed by atoms with Crippen LogP contribution in [0.2, 0.25) is 10.0 Å². The molecule has 0 aromatic heterocycles. The second-order valence-corrected chi connectivity index (χ2v) is 8.85. The lowest BCUT2D eigenvalue weighted by Crippen LogP contribution is -2.33. The van der Waals surface area contributed by atoms with Crippen molar-refractivity contribution < 1.29 is 4.79 Å². The van der Waals surface area contributed by atoms with Crippen molar-refractivity contribution in [1.82, 2.24) is 0 Å². The van der Waals surface area contributed by atoms with E-state index in [0.29, 0.717) is 16.0 Å². The molecule has 138 valence electrons. The first kappa shape index (κ1) is 19.3. The van der Waals surface area contributed by atoms with Crippen molar-refractivity contribution in [3.63, 3.8) is 0 Å². The Hall–Kier alpha value is -1.51. The summed E-state index contributed by atoms with van der Waals surface area (Å²) in [5, 5.41) is 4.23. The number of aryl methyl sites for hydroxylation is 1. The van der Waals surface area contributed by atoms with E-state index in [1.165, 1.54) is 5.56 Å². The number of anilines is 1. The Kier molecular flexibility index (Phi) is 5.37. The first-order valence-corrected chi connectivity index (χ1v) is 9.78. The van der Waals surface area contributed by atoms with Gasteiger partial charge < -0.3 is 5.32 Å². The van der Waals surface area contributed by atoms with Crippen molar-refractivity contribution in [1.29, 1.82) is 0 Å². The molecule has 1 aliphatic rings. The minimum absolute atomic E-state index is 0.0572. The smallest absolute Gasteiger partial charge is 0.228 e. The molecule has 1 N–H and O–H groups in total. The van der Waals surface area contributed by atoms with Crippen LogP contribution >= 0.6 is 23.2 Å². The Morgan fingerprint density at radius 2 is 1.73 bits per heavy atom. The lowest BCUT2D eigenvalue weighted by Gasteiger charge is -2.31. The Bertz CT molecular complexity index is 813. The predicted octanol–water partition coefficient (Wildman–Crippen LogP) is 6.71. The van der Waals surface area contributed by atoms with Crippen LogP contribution in [0.4, 0.5) is 5.69 Å². The maximum atomic E-state index is 13.0. The zero-order valence-electron chi connectivity index (χ0n) is 15.6. The number of hydrogen-bond acceptors (Lipinski definition) is 1. The summed E-state index contributed by atoms with van der Waals surface area (Å²) >= 11 is 12.3. The topological polar surface area (TPSA) is 29.1 Å². The average molecular weight is 390 g/mol. The average Bonchev–Trinajstić information content (AvgIpc) is 2.83. The number of halogens is 2. The summed E-state index contributed by atoms with van der Waals surface area (Å²) in [6, 6.07) is 13.8. The van der Waals surface area contributed by atoms with Gasteiger partial charge >= 0.3 is 0 Å². The van der Waals surface area contributed by atoms with Gasteiger partial charge in [0.2, 0.25) is 5.91 Å². The second-order valence-electron chi connectivity index (χ2n) is 8.03. The van der Waals surface area contributed by atoms with Crippen LogP contribution in [0.3, 0.4) is 0 Å². The highest BCUT2D eigenvalue weighted by atomic mass is 35.5. The predicted molar refractivity (Wildman–Crippen MR) is 110 cm³/mol. The Morgan fingerprint density at radius 3 is 2.35 bits per heavy atom. The van der Waals surface area contributed by atoms with Crippen molar-refractivity contribution in [2.24, 2.45) is 17.3 Å². The minimum Gasteiger partial charge on any atom is -0.326 e. The standard InChI is InChI=1S/C22H25Cl2NO/c1-13-5-8-16(9-6-13)25-21(26)18-12-17(14(2)22(18,3)4)15-7-10-19(23)20(24)11-15/h5-11,14,17-18H,12H2,1-4H3,(H,25,26)/t14-,17+,18-/m0/s1.